The normalized spacial score (nSPS) is 10.6. The summed E-state index contributed by atoms with van der Waals surface area (Å²) in [5.74, 6) is -0.770. The lowest BCUT2D eigenvalue weighted by Crippen LogP contribution is -2.09. The quantitative estimate of drug-likeness (QED) is 0.105. The van der Waals surface area contributed by atoms with E-state index < -0.39 is 0 Å². The summed E-state index contributed by atoms with van der Waals surface area (Å²) in [5.41, 5.74) is 1.51. The van der Waals surface area contributed by atoms with E-state index in [4.69, 9.17) is 4.74 Å². The van der Waals surface area contributed by atoms with Crippen molar-refractivity contribution in [2.24, 2.45) is 0 Å². The maximum atomic E-state index is 12.0. The molecule has 0 radical (unpaired) electrons. The Kier molecular flexibility index (Phi) is 19.0. The molecule has 0 atom stereocenters. The number of rotatable bonds is 22. The zero-order valence-corrected chi connectivity index (χ0v) is 22.5. The number of methoxy groups -OCH3 is 2. The summed E-state index contributed by atoms with van der Waals surface area (Å²) >= 11 is 0. The molecule has 1 N–H and O–H groups in total. The molecule has 0 amide bonds. The van der Waals surface area contributed by atoms with Crippen LogP contribution in [0.25, 0.3) is 0 Å². The predicted octanol–water partition coefficient (Wildman–Crippen LogP) is 6.84. The number of ether oxygens (including phenoxy) is 3. The Bertz CT molecular complexity index is 719. The third-order valence-corrected chi connectivity index (χ3v) is 6.22. The van der Waals surface area contributed by atoms with Gasteiger partial charge in [0.1, 0.15) is 0 Å². The smallest absolute Gasteiger partial charge is 0.338 e. The van der Waals surface area contributed by atoms with Gasteiger partial charge in [0.05, 0.1) is 26.4 Å². The Morgan fingerprint density at radius 2 is 1.06 bits per heavy atom. The fraction of sp³-hybridized carbons (Fsp3) is 0.690. The van der Waals surface area contributed by atoms with Crippen LogP contribution < -0.4 is 5.32 Å². The lowest BCUT2D eigenvalue weighted by atomic mass is 10.0. The Hall–Kier alpha value is -2.57. The maximum Gasteiger partial charge on any atom is 0.338 e. The van der Waals surface area contributed by atoms with Crippen LogP contribution in [0, 0.1) is 0 Å². The Labute approximate surface area is 217 Å². The SMILES string of the molecule is COC(=O)CCCCCCCCCCCCCCCNc1ccc(C(=O)OCCCC(=O)OC)cc1. The van der Waals surface area contributed by atoms with Gasteiger partial charge in [0.15, 0.2) is 0 Å². The van der Waals surface area contributed by atoms with Crippen molar-refractivity contribution in [2.75, 3.05) is 32.7 Å². The first kappa shape index (κ1) is 31.5. The molecular weight excluding hydrogens is 458 g/mol. The van der Waals surface area contributed by atoms with Crippen LogP contribution >= 0.6 is 0 Å². The van der Waals surface area contributed by atoms with Crippen molar-refractivity contribution in [3.63, 3.8) is 0 Å². The minimum atomic E-state index is -0.376. The summed E-state index contributed by atoms with van der Waals surface area (Å²) in [6, 6.07) is 7.31. The summed E-state index contributed by atoms with van der Waals surface area (Å²) < 4.78 is 14.4. The van der Waals surface area contributed by atoms with Gasteiger partial charge in [0.25, 0.3) is 0 Å². The van der Waals surface area contributed by atoms with Crippen LogP contribution in [0.15, 0.2) is 24.3 Å². The molecule has 7 nitrogen and oxygen atoms in total. The number of nitrogens with one attached hydrogen (secondary N) is 1. The lowest BCUT2D eigenvalue weighted by Gasteiger charge is -2.08. The van der Waals surface area contributed by atoms with Crippen molar-refractivity contribution < 1.29 is 28.6 Å². The molecule has 0 fully saturated rings. The van der Waals surface area contributed by atoms with Crippen molar-refractivity contribution >= 4 is 23.6 Å². The average molecular weight is 506 g/mol. The van der Waals surface area contributed by atoms with E-state index in [0.717, 1.165) is 31.5 Å². The third-order valence-electron chi connectivity index (χ3n) is 6.22. The van der Waals surface area contributed by atoms with E-state index in [-0.39, 0.29) is 30.9 Å². The van der Waals surface area contributed by atoms with Crippen molar-refractivity contribution in [2.45, 2.75) is 103 Å². The highest BCUT2D eigenvalue weighted by Gasteiger charge is 2.08. The van der Waals surface area contributed by atoms with E-state index in [2.05, 4.69) is 14.8 Å². The highest BCUT2D eigenvalue weighted by Crippen LogP contribution is 2.14. The lowest BCUT2D eigenvalue weighted by molar-refractivity contribution is -0.141. The first-order valence-corrected chi connectivity index (χ1v) is 13.7. The molecule has 0 aliphatic heterocycles. The molecule has 1 rings (SSSR count). The molecule has 0 spiro atoms. The number of hydrogen-bond donors (Lipinski definition) is 1. The summed E-state index contributed by atoms with van der Waals surface area (Å²) in [7, 11) is 2.79. The van der Waals surface area contributed by atoms with Gasteiger partial charge in [-0.15, -0.1) is 0 Å². The minimum Gasteiger partial charge on any atom is -0.469 e. The van der Waals surface area contributed by atoms with Gasteiger partial charge in [-0.25, -0.2) is 4.79 Å². The van der Waals surface area contributed by atoms with Crippen molar-refractivity contribution in [1.82, 2.24) is 0 Å². The summed E-state index contributed by atoms with van der Waals surface area (Å²) in [5, 5.41) is 3.41. The van der Waals surface area contributed by atoms with Crippen LogP contribution in [0.3, 0.4) is 0 Å². The van der Waals surface area contributed by atoms with Crippen LogP contribution in [-0.4, -0.2) is 45.3 Å². The summed E-state index contributed by atoms with van der Waals surface area (Å²) in [4.78, 5) is 34.1. The molecule has 1 aromatic carbocycles. The fourth-order valence-electron chi connectivity index (χ4n) is 3.96. The van der Waals surface area contributed by atoms with E-state index in [1.807, 2.05) is 12.1 Å². The molecule has 204 valence electrons. The maximum absolute atomic E-state index is 12.0. The predicted molar refractivity (Wildman–Crippen MR) is 143 cm³/mol. The van der Waals surface area contributed by atoms with E-state index >= 15 is 0 Å². The molecule has 0 aliphatic rings. The van der Waals surface area contributed by atoms with Gasteiger partial charge in [-0.05, 0) is 43.5 Å². The van der Waals surface area contributed by atoms with Crippen LogP contribution in [-0.2, 0) is 23.8 Å². The highest BCUT2D eigenvalue weighted by molar-refractivity contribution is 5.89. The van der Waals surface area contributed by atoms with E-state index in [1.165, 1.54) is 78.4 Å². The Balaban J connectivity index is 1.91. The van der Waals surface area contributed by atoms with E-state index in [0.29, 0.717) is 18.4 Å². The third kappa shape index (κ3) is 17.0. The van der Waals surface area contributed by atoms with Crippen LogP contribution in [0.5, 0.6) is 0 Å². The van der Waals surface area contributed by atoms with Gasteiger partial charge >= 0.3 is 17.9 Å². The zero-order chi connectivity index (χ0) is 26.3. The van der Waals surface area contributed by atoms with Gasteiger partial charge in [0.2, 0.25) is 0 Å². The average Bonchev–Trinajstić information content (AvgIpc) is 2.90. The number of esters is 3. The Morgan fingerprint density at radius 1 is 0.611 bits per heavy atom. The van der Waals surface area contributed by atoms with Crippen molar-refractivity contribution in [3.05, 3.63) is 29.8 Å². The summed E-state index contributed by atoms with van der Waals surface area (Å²) in [6.45, 7) is 1.13. The van der Waals surface area contributed by atoms with Gasteiger partial charge in [-0.2, -0.15) is 0 Å². The standard InChI is InChI=1S/C29H47NO6/c1-34-27(31)17-14-12-10-8-6-4-3-5-7-9-11-13-15-23-30-26-21-19-25(20-22-26)29(33)36-24-16-18-28(32)35-2/h19-22,30H,3-18,23-24H2,1-2H3. The van der Waals surface area contributed by atoms with Gasteiger partial charge in [-0.3, -0.25) is 9.59 Å². The number of hydrogen-bond acceptors (Lipinski definition) is 7. The molecule has 36 heavy (non-hydrogen) atoms. The molecule has 0 saturated heterocycles. The van der Waals surface area contributed by atoms with E-state index in [9.17, 15) is 14.4 Å². The molecule has 0 aliphatic carbocycles. The van der Waals surface area contributed by atoms with Crippen LogP contribution in [0.1, 0.15) is 113 Å². The van der Waals surface area contributed by atoms with Gasteiger partial charge in [-0.1, -0.05) is 70.6 Å². The molecule has 0 aromatic heterocycles. The first-order valence-electron chi connectivity index (χ1n) is 13.7. The Morgan fingerprint density at radius 3 is 1.56 bits per heavy atom. The molecule has 0 heterocycles. The molecular formula is C29H47NO6. The fourth-order valence-corrected chi connectivity index (χ4v) is 3.96. The first-order chi connectivity index (χ1) is 17.6. The molecule has 0 unspecified atom stereocenters. The summed E-state index contributed by atoms with van der Waals surface area (Å²) in [6.07, 6.45) is 17.4. The van der Waals surface area contributed by atoms with Crippen molar-refractivity contribution in [1.29, 1.82) is 0 Å². The van der Waals surface area contributed by atoms with Gasteiger partial charge in [0, 0.05) is 25.1 Å². The van der Waals surface area contributed by atoms with Crippen LogP contribution in [0.2, 0.25) is 0 Å². The largest absolute Gasteiger partial charge is 0.469 e. The number of unbranched alkanes of at least 4 members (excludes halogenated alkanes) is 12. The number of carbonyl (C=O) groups is 3. The number of carbonyl (C=O) groups excluding carboxylic acids is 3. The molecule has 0 saturated carbocycles. The van der Waals surface area contributed by atoms with Crippen molar-refractivity contribution in [3.8, 4) is 0 Å². The van der Waals surface area contributed by atoms with Gasteiger partial charge < -0.3 is 19.5 Å². The monoisotopic (exact) mass is 505 g/mol. The molecule has 1 aromatic rings. The minimum absolute atomic E-state index is 0.0933. The van der Waals surface area contributed by atoms with E-state index in [1.54, 1.807) is 12.1 Å². The second-order valence-corrected chi connectivity index (χ2v) is 9.24. The molecule has 0 bridgehead atoms. The number of benzene rings is 1. The second-order valence-electron chi connectivity index (χ2n) is 9.24. The second kappa shape index (κ2) is 21.7. The molecule has 7 heteroatoms. The topological polar surface area (TPSA) is 90.9 Å². The number of anilines is 1. The highest BCUT2D eigenvalue weighted by atomic mass is 16.5. The zero-order valence-electron chi connectivity index (χ0n) is 22.5. The van der Waals surface area contributed by atoms with Crippen LogP contribution in [0.4, 0.5) is 5.69 Å².